The molecular weight excluding hydrogens is 192 g/mol. The minimum absolute atomic E-state index is 0.467. The summed E-state index contributed by atoms with van der Waals surface area (Å²) in [5.41, 5.74) is 0. The molecule has 0 atom stereocenters. The van der Waals surface area contributed by atoms with Gasteiger partial charge in [0, 0.05) is 6.42 Å². The number of hydrogen-bond acceptors (Lipinski definition) is 2. The lowest BCUT2D eigenvalue weighted by atomic mass is 10.1. The van der Waals surface area contributed by atoms with Crippen molar-refractivity contribution in [3.8, 4) is 0 Å². The molecular formula is C12H22OS. The van der Waals surface area contributed by atoms with Crippen LogP contribution in [-0.4, -0.2) is 17.3 Å². The van der Waals surface area contributed by atoms with E-state index in [1.165, 1.54) is 50.7 Å². The molecule has 2 heteroatoms. The van der Waals surface area contributed by atoms with Crippen LogP contribution in [0.1, 0.15) is 57.8 Å². The van der Waals surface area contributed by atoms with Crippen LogP contribution < -0.4 is 0 Å². The summed E-state index contributed by atoms with van der Waals surface area (Å²) in [5, 5.41) is 0. The first-order chi connectivity index (χ1) is 6.89. The monoisotopic (exact) mass is 214 g/mol. The normalized spacial score (nSPS) is 23.3. The van der Waals surface area contributed by atoms with Crippen molar-refractivity contribution in [2.45, 2.75) is 57.8 Å². The Kier molecular flexibility index (Phi) is 7.20. The van der Waals surface area contributed by atoms with Gasteiger partial charge in [0.25, 0.3) is 0 Å². The van der Waals surface area contributed by atoms with Gasteiger partial charge < -0.3 is 0 Å². The molecule has 1 heterocycles. The van der Waals surface area contributed by atoms with Crippen molar-refractivity contribution in [2.75, 3.05) is 11.5 Å². The van der Waals surface area contributed by atoms with E-state index in [0.29, 0.717) is 5.78 Å². The highest BCUT2D eigenvalue weighted by Gasteiger charge is 2.03. The van der Waals surface area contributed by atoms with Gasteiger partial charge >= 0.3 is 0 Å². The Morgan fingerprint density at radius 1 is 0.786 bits per heavy atom. The van der Waals surface area contributed by atoms with Gasteiger partial charge in [0.2, 0.25) is 0 Å². The zero-order valence-electron chi connectivity index (χ0n) is 9.09. The summed E-state index contributed by atoms with van der Waals surface area (Å²) in [4.78, 5) is 11.4. The Hall–Kier alpha value is 0.0200. The Morgan fingerprint density at radius 3 is 2.07 bits per heavy atom. The number of Topliss-reactive ketones (excluding diaryl/α,β-unsaturated/α-hetero) is 1. The first-order valence-electron chi connectivity index (χ1n) is 5.99. The van der Waals surface area contributed by atoms with Crippen molar-refractivity contribution in [3.05, 3.63) is 0 Å². The summed E-state index contributed by atoms with van der Waals surface area (Å²) in [7, 11) is 0. The van der Waals surface area contributed by atoms with Gasteiger partial charge in [-0.3, -0.25) is 4.79 Å². The molecule has 14 heavy (non-hydrogen) atoms. The molecule has 1 aliphatic heterocycles. The molecule has 1 fully saturated rings. The zero-order chi connectivity index (χ0) is 10.1. The fourth-order valence-electron chi connectivity index (χ4n) is 1.85. The summed E-state index contributed by atoms with van der Waals surface area (Å²) in [5.74, 6) is 2.42. The highest BCUT2D eigenvalue weighted by Crippen LogP contribution is 2.14. The quantitative estimate of drug-likeness (QED) is 0.610. The molecule has 82 valence electrons. The average molecular weight is 214 g/mol. The first-order valence-corrected chi connectivity index (χ1v) is 7.14. The molecule has 0 aromatic rings. The van der Waals surface area contributed by atoms with Gasteiger partial charge in [-0.1, -0.05) is 38.5 Å². The Balaban J connectivity index is 2.15. The maximum Gasteiger partial charge on any atom is 0.142 e. The van der Waals surface area contributed by atoms with Crippen molar-refractivity contribution in [1.82, 2.24) is 0 Å². The van der Waals surface area contributed by atoms with E-state index in [1.54, 1.807) is 0 Å². The average Bonchev–Trinajstić information content (AvgIpc) is 2.20. The van der Waals surface area contributed by atoms with Gasteiger partial charge in [-0.25, -0.2) is 0 Å². The van der Waals surface area contributed by atoms with Crippen molar-refractivity contribution < 1.29 is 4.79 Å². The number of ketones is 1. The third-order valence-electron chi connectivity index (χ3n) is 2.76. The molecule has 0 aromatic heterocycles. The van der Waals surface area contributed by atoms with Crippen LogP contribution in [0.25, 0.3) is 0 Å². The van der Waals surface area contributed by atoms with Gasteiger partial charge in [0.15, 0.2) is 0 Å². The Morgan fingerprint density at radius 2 is 1.36 bits per heavy atom. The molecule has 0 aliphatic carbocycles. The lowest BCUT2D eigenvalue weighted by Crippen LogP contribution is -2.01. The third kappa shape index (κ3) is 6.47. The lowest BCUT2D eigenvalue weighted by molar-refractivity contribution is -0.116. The van der Waals surface area contributed by atoms with Crippen molar-refractivity contribution in [3.63, 3.8) is 0 Å². The summed E-state index contributed by atoms with van der Waals surface area (Å²) >= 11 is 1.83. The standard InChI is InChI=1S/C12H22OS/c13-12-9-7-5-3-1-2-4-6-8-10-14-11-12/h1-11H2. The van der Waals surface area contributed by atoms with Crippen LogP contribution in [0.5, 0.6) is 0 Å². The van der Waals surface area contributed by atoms with E-state index in [1.807, 2.05) is 11.8 Å². The lowest BCUT2D eigenvalue weighted by Gasteiger charge is -1.99. The van der Waals surface area contributed by atoms with Gasteiger partial charge in [-0.15, -0.1) is 0 Å². The van der Waals surface area contributed by atoms with Crippen molar-refractivity contribution in [1.29, 1.82) is 0 Å². The van der Waals surface area contributed by atoms with E-state index in [9.17, 15) is 4.79 Å². The minimum Gasteiger partial charge on any atom is -0.299 e. The van der Waals surface area contributed by atoms with E-state index in [2.05, 4.69) is 0 Å². The van der Waals surface area contributed by atoms with E-state index in [0.717, 1.165) is 18.6 Å². The molecule has 1 aliphatic rings. The van der Waals surface area contributed by atoms with Crippen LogP contribution in [-0.2, 0) is 4.79 Å². The van der Waals surface area contributed by atoms with Gasteiger partial charge in [0.05, 0.1) is 5.75 Å². The zero-order valence-corrected chi connectivity index (χ0v) is 9.91. The predicted molar refractivity (Wildman–Crippen MR) is 63.9 cm³/mol. The van der Waals surface area contributed by atoms with E-state index in [-0.39, 0.29) is 0 Å². The molecule has 0 radical (unpaired) electrons. The molecule has 1 nitrogen and oxygen atoms in total. The second-order valence-corrected chi connectivity index (χ2v) is 5.27. The second-order valence-electron chi connectivity index (χ2n) is 4.17. The van der Waals surface area contributed by atoms with Crippen molar-refractivity contribution >= 4 is 17.5 Å². The summed E-state index contributed by atoms with van der Waals surface area (Å²) < 4.78 is 0. The van der Waals surface area contributed by atoms with Crippen LogP contribution >= 0.6 is 11.8 Å². The fraction of sp³-hybridized carbons (Fsp3) is 0.917. The second kappa shape index (κ2) is 8.34. The van der Waals surface area contributed by atoms with Crippen LogP contribution in [0.3, 0.4) is 0 Å². The highest BCUT2D eigenvalue weighted by molar-refractivity contribution is 7.99. The summed E-state index contributed by atoms with van der Waals surface area (Å²) in [6.07, 6.45) is 11.4. The minimum atomic E-state index is 0.467. The largest absolute Gasteiger partial charge is 0.299 e. The topological polar surface area (TPSA) is 17.1 Å². The van der Waals surface area contributed by atoms with Crippen LogP contribution in [0, 0.1) is 0 Å². The Bertz CT molecular complexity index is 140. The summed E-state index contributed by atoms with van der Waals surface area (Å²) in [6, 6.07) is 0. The molecule has 0 bridgehead atoms. The molecule has 0 aromatic carbocycles. The fourth-order valence-corrected chi connectivity index (χ4v) is 2.77. The molecule has 0 N–H and O–H groups in total. The van der Waals surface area contributed by atoms with Crippen LogP contribution in [0.4, 0.5) is 0 Å². The number of rotatable bonds is 0. The van der Waals surface area contributed by atoms with Gasteiger partial charge in [0.1, 0.15) is 5.78 Å². The van der Waals surface area contributed by atoms with Gasteiger partial charge in [-0.05, 0) is 18.6 Å². The maximum absolute atomic E-state index is 11.4. The van der Waals surface area contributed by atoms with E-state index < -0.39 is 0 Å². The molecule has 1 rings (SSSR count). The number of hydrogen-bond donors (Lipinski definition) is 0. The molecule has 0 spiro atoms. The first kappa shape index (κ1) is 12.1. The highest BCUT2D eigenvalue weighted by atomic mass is 32.2. The molecule has 0 unspecified atom stereocenters. The molecule has 1 saturated heterocycles. The maximum atomic E-state index is 11.4. The number of carbonyl (C=O) groups excluding carboxylic acids is 1. The van der Waals surface area contributed by atoms with E-state index >= 15 is 0 Å². The molecule has 0 amide bonds. The van der Waals surface area contributed by atoms with Crippen molar-refractivity contribution in [2.24, 2.45) is 0 Å². The van der Waals surface area contributed by atoms with Crippen LogP contribution in [0.15, 0.2) is 0 Å². The predicted octanol–water partition coefficient (Wildman–Crippen LogP) is 3.81. The van der Waals surface area contributed by atoms with E-state index in [4.69, 9.17) is 0 Å². The third-order valence-corrected chi connectivity index (χ3v) is 3.86. The SMILES string of the molecule is O=C1CCCCCCCCCCSC1. The summed E-state index contributed by atoms with van der Waals surface area (Å²) in [6.45, 7) is 0. The smallest absolute Gasteiger partial charge is 0.142 e. The Labute approximate surface area is 92.0 Å². The number of carbonyl (C=O) groups is 1. The molecule has 0 saturated carbocycles. The number of thioether (sulfide) groups is 1. The van der Waals surface area contributed by atoms with Gasteiger partial charge in [-0.2, -0.15) is 11.8 Å². The van der Waals surface area contributed by atoms with Crippen LogP contribution in [0.2, 0.25) is 0 Å².